The summed E-state index contributed by atoms with van der Waals surface area (Å²) in [6.07, 6.45) is 0. The minimum atomic E-state index is 0.393. The lowest BCUT2D eigenvalue weighted by atomic mass is 9.97. The molecule has 0 bridgehead atoms. The Hall–Kier alpha value is -2.13. The molecule has 0 fully saturated rings. The Bertz CT molecular complexity index is 549. The highest BCUT2D eigenvalue weighted by molar-refractivity contribution is 6.06. The standard InChI is InChI=1S/C14H11NO2/c1-2-6-11(7-3-1)12-8-4-5-9-13(12)14-10-16-17-15-14/h1-9H,10H2. The van der Waals surface area contributed by atoms with Crippen molar-refractivity contribution in [2.75, 3.05) is 6.61 Å². The summed E-state index contributed by atoms with van der Waals surface area (Å²) in [5, 5.41) is 3.89. The van der Waals surface area contributed by atoms with Crippen LogP contribution in [0.5, 0.6) is 0 Å². The van der Waals surface area contributed by atoms with E-state index in [1.165, 1.54) is 0 Å². The van der Waals surface area contributed by atoms with Gasteiger partial charge in [0.15, 0.2) is 0 Å². The number of oxime groups is 1. The Morgan fingerprint density at radius 1 is 0.824 bits per heavy atom. The lowest BCUT2D eigenvalue weighted by Gasteiger charge is -2.07. The molecule has 84 valence electrons. The molecular formula is C14H11NO2. The molecule has 0 saturated heterocycles. The zero-order valence-corrected chi connectivity index (χ0v) is 9.17. The second kappa shape index (κ2) is 4.39. The third kappa shape index (κ3) is 1.92. The Morgan fingerprint density at radius 3 is 2.24 bits per heavy atom. The molecule has 1 aliphatic heterocycles. The molecule has 0 spiro atoms. The van der Waals surface area contributed by atoms with E-state index in [9.17, 15) is 0 Å². The average Bonchev–Trinajstić information content (AvgIpc) is 2.94. The molecular weight excluding hydrogens is 214 g/mol. The Morgan fingerprint density at radius 2 is 1.53 bits per heavy atom. The van der Waals surface area contributed by atoms with Crippen molar-refractivity contribution in [2.45, 2.75) is 0 Å². The van der Waals surface area contributed by atoms with E-state index in [4.69, 9.17) is 4.89 Å². The predicted octanol–water partition coefficient (Wildman–Crippen LogP) is 3.02. The normalized spacial score (nSPS) is 14.2. The molecule has 3 nitrogen and oxygen atoms in total. The van der Waals surface area contributed by atoms with Gasteiger partial charge in [0.25, 0.3) is 0 Å². The highest BCUT2D eigenvalue weighted by Crippen LogP contribution is 2.25. The fraction of sp³-hybridized carbons (Fsp3) is 0.0714. The van der Waals surface area contributed by atoms with Gasteiger partial charge in [-0.25, -0.2) is 4.99 Å². The second-order valence-electron chi connectivity index (χ2n) is 3.79. The maximum absolute atomic E-state index is 4.80. The van der Waals surface area contributed by atoms with E-state index >= 15 is 0 Å². The second-order valence-corrected chi connectivity index (χ2v) is 3.79. The molecule has 2 aromatic rings. The van der Waals surface area contributed by atoms with E-state index in [1.54, 1.807) is 0 Å². The summed E-state index contributed by atoms with van der Waals surface area (Å²) < 4.78 is 0. The smallest absolute Gasteiger partial charge is 0.143 e. The number of hydrogen-bond acceptors (Lipinski definition) is 3. The molecule has 0 radical (unpaired) electrons. The van der Waals surface area contributed by atoms with Crippen LogP contribution in [0.4, 0.5) is 0 Å². The summed E-state index contributed by atoms with van der Waals surface area (Å²) in [7, 11) is 0. The van der Waals surface area contributed by atoms with Crippen LogP contribution in [0.25, 0.3) is 11.1 Å². The van der Waals surface area contributed by atoms with E-state index in [0.29, 0.717) is 6.61 Å². The molecule has 1 aliphatic rings. The first-order valence-corrected chi connectivity index (χ1v) is 5.45. The van der Waals surface area contributed by atoms with E-state index in [-0.39, 0.29) is 0 Å². The van der Waals surface area contributed by atoms with Gasteiger partial charge < -0.3 is 0 Å². The fourth-order valence-corrected chi connectivity index (χ4v) is 1.91. The summed E-state index contributed by atoms with van der Waals surface area (Å²) in [5.74, 6) is 0. The Kier molecular flexibility index (Phi) is 2.60. The zero-order valence-electron chi connectivity index (χ0n) is 9.17. The maximum atomic E-state index is 4.80. The van der Waals surface area contributed by atoms with Crippen molar-refractivity contribution in [3.8, 4) is 11.1 Å². The van der Waals surface area contributed by atoms with Crippen molar-refractivity contribution in [3.63, 3.8) is 0 Å². The monoisotopic (exact) mass is 225 g/mol. The first kappa shape index (κ1) is 10.1. The van der Waals surface area contributed by atoms with Crippen LogP contribution in [-0.2, 0) is 9.88 Å². The van der Waals surface area contributed by atoms with E-state index in [1.807, 2.05) is 36.4 Å². The lowest BCUT2D eigenvalue weighted by Crippen LogP contribution is -2.04. The SMILES string of the molecule is c1ccc(-c2ccccc2C2=NOOC2)cc1. The number of hydrogen-bond donors (Lipinski definition) is 0. The van der Waals surface area contributed by atoms with E-state index in [0.717, 1.165) is 22.4 Å². The van der Waals surface area contributed by atoms with Gasteiger partial charge >= 0.3 is 0 Å². The first-order valence-electron chi connectivity index (χ1n) is 5.45. The molecule has 3 heteroatoms. The predicted molar refractivity (Wildman–Crippen MR) is 65.5 cm³/mol. The number of benzene rings is 2. The summed E-state index contributed by atoms with van der Waals surface area (Å²) in [6, 6.07) is 18.3. The maximum Gasteiger partial charge on any atom is 0.143 e. The summed E-state index contributed by atoms with van der Waals surface area (Å²) in [5.41, 5.74) is 4.18. The highest BCUT2D eigenvalue weighted by atomic mass is 17.3. The largest absolute Gasteiger partial charge is 0.220 e. The van der Waals surface area contributed by atoms with Crippen LogP contribution in [0.1, 0.15) is 5.56 Å². The zero-order chi connectivity index (χ0) is 11.5. The molecule has 3 rings (SSSR count). The van der Waals surface area contributed by atoms with Crippen LogP contribution in [0, 0.1) is 0 Å². The molecule has 0 saturated carbocycles. The molecule has 17 heavy (non-hydrogen) atoms. The Balaban J connectivity index is 2.11. The molecule has 0 aliphatic carbocycles. The van der Waals surface area contributed by atoms with E-state index < -0.39 is 0 Å². The lowest BCUT2D eigenvalue weighted by molar-refractivity contribution is -0.266. The first-order chi connectivity index (χ1) is 8.45. The van der Waals surface area contributed by atoms with Crippen molar-refractivity contribution < 1.29 is 9.88 Å². The van der Waals surface area contributed by atoms with Gasteiger partial charge in [0.05, 0.1) is 0 Å². The Labute approximate surface area is 99.2 Å². The van der Waals surface area contributed by atoms with Gasteiger partial charge in [-0.1, -0.05) is 54.6 Å². The van der Waals surface area contributed by atoms with Crippen LogP contribution >= 0.6 is 0 Å². The molecule has 0 unspecified atom stereocenters. The van der Waals surface area contributed by atoms with E-state index in [2.05, 4.69) is 28.3 Å². The molecule has 0 N–H and O–H groups in total. The van der Waals surface area contributed by atoms with Gasteiger partial charge in [-0.2, -0.15) is 4.89 Å². The van der Waals surface area contributed by atoms with Gasteiger partial charge in [0.2, 0.25) is 0 Å². The van der Waals surface area contributed by atoms with Crippen LogP contribution in [0.3, 0.4) is 0 Å². The molecule has 1 heterocycles. The minimum absolute atomic E-state index is 0.393. The third-order valence-corrected chi connectivity index (χ3v) is 2.72. The summed E-state index contributed by atoms with van der Waals surface area (Å²) in [4.78, 5) is 9.39. The third-order valence-electron chi connectivity index (χ3n) is 2.72. The number of nitrogens with zero attached hydrogens (tertiary/aromatic N) is 1. The average molecular weight is 225 g/mol. The summed E-state index contributed by atoms with van der Waals surface area (Å²) in [6.45, 7) is 0.393. The summed E-state index contributed by atoms with van der Waals surface area (Å²) >= 11 is 0. The highest BCUT2D eigenvalue weighted by Gasteiger charge is 2.15. The van der Waals surface area contributed by atoms with Crippen LogP contribution in [0.2, 0.25) is 0 Å². The quantitative estimate of drug-likeness (QED) is 0.735. The van der Waals surface area contributed by atoms with Crippen LogP contribution in [-0.4, -0.2) is 12.3 Å². The van der Waals surface area contributed by atoms with Gasteiger partial charge in [-0.05, 0) is 16.3 Å². The molecule has 0 aromatic heterocycles. The van der Waals surface area contributed by atoms with Crippen molar-refractivity contribution in [1.82, 2.24) is 0 Å². The van der Waals surface area contributed by atoms with Gasteiger partial charge in [-0.3, -0.25) is 0 Å². The molecule has 0 amide bonds. The minimum Gasteiger partial charge on any atom is -0.220 e. The van der Waals surface area contributed by atoms with Crippen molar-refractivity contribution in [2.24, 2.45) is 5.16 Å². The van der Waals surface area contributed by atoms with Crippen LogP contribution in [0.15, 0.2) is 59.8 Å². The van der Waals surface area contributed by atoms with Crippen molar-refractivity contribution in [3.05, 3.63) is 60.2 Å². The molecule has 0 atom stereocenters. The van der Waals surface area contributed by atoms with Gasteiger partial charge in [0, 0.05) is 5.56 Å². The van der Waals surface area contributed by atoms with Crippen molar-refractivity contribution in [1.29, 1.82) is 0 Å². The molecule has 2 aromatic carbocycles. The van der Waals surface area contributed by atoms with Crippen molar-refractivity contribution >= 4 is 5.71 Å². The van der Waals surface area contributed by atoms with Crippen LogP contribution < -0.4 is 0 Å². The van der Waals surface area contributed by atoms with Gasteiger partial charge in [0.1, 0.15) is 12.3 Å². The van der Waals surface area contributed by atoms with Gasteiger partial charge in [-0.15, -0.1) is 0 Å². The number of rotatable bonds is 2. The fourth-order valence-electron chi connectivity index (χ4n) is 1.91. The topological polar surface area (TPSA) is 30.8 Å².